The maximum atomic E-state index is 13.0. The third-order valence-electron chi connectivity index (χ3n) is 7.21. The standard InChI is InChI=1S/C30H30N4O4S2/c35-29(33-17-19-5-3-15-37-19)23-11-13-31-27-21(23)7-1-9-25(27)39-40-26-10-2-8-22-24(12-14-32-28(22)26)30(36)34-18-20-6-4-16-38-20/h1-2,7-14,19-20H,3-6,15-18H2,(H,33,35)(H,34,36)/t19-,20-/m1/s1. The highest BCUT2D eigenvalue weighted by molar-refractivity contribution is 8.76. The van der Waals surface area contributed by atoms with E-state index in [9.17, 15) is 9.59 Å². The molecule has 2 N–H and O–H groups in total. The Morgan fingerprint density at radius 2 is 1.20 bits per heavy atom. The van der Waals surface area contributed by atoms with Crippen LogP contribution in [-0.2, 0) is 9.47 Å². The van der Waals surface area contributed by atoms with E-state index in [4.69, 9.17) is 9.47 Å². The van der Waals surface area contributed by atoms with E-state index in [0.717, 1.165) is 70.5 Å². The molecule has 2 aromatic carbocycles. The van der Waals surface area contributed by atoms with Crippen LogP contribution in [0.1, 0.15) is 46.4 Å². The molecule has 0 bridgehead atoms. The largest absolute Gasteiger partial charge is 0.376 e. The second kappa shape index (κ2) is 12.6. The van der Waals surface area contributed by atoms with Crippen molar-refractivity contribution in [3.63, 3.8) is 0 Å². The zero-order valence-corrected chi connectivity index (χ0v) is 23.6. The van der Waals surface area contributed by atoms with Crippen LogP contribution in [0.3, 0.4) is 0 Å². The lowest BCUT2D eigenvalue weighted by molar-refractivity contribution is 0.0855. The predicted molar refractivity (Wildman–Crippen MR) is 158 cm³/mol. The topological polar surface area (TPSA) is 102 Å². The summed E-state index contributed by atoms with van der Waals surface area (Å²) in [5.74, 6) is -0.248. The zero-order valence-electron chi connectivity index (χ0n) is 21.9. The van der Waals surface area contributed by atoms with Crippen molar-refractivity contribution in [2.45, 2.75) is 47.7 Å². The molecule has 0 spiro atoms. The summed E-state index contributed by atoms with van der Waals surface area (Å²) in [4.78, 5) is 37.1. The molecular formula is C30H30N4O4S2. The van der Waals surface area contributed by atoms with Gasteiger partial charge in [0, 0.05) is 59.3 Å². The molecule has 206 valence electrons. The fourth-order valence-electron chi connectivity index (χ4n) is 5.13. The lowest BCUT2D eigenvalue weighted by Crippen LogP contribution is -2.31. The van der Waals surface area contributed by atoms with E-state index < -0.39 is 0 Å². The van der Waals surface area contributed by atoms with Crippen LogP contribution in [-0.4, -0.2) is 60.3 Å². The summed E-state index contributed by atoms with van der Waals surface area (Å²) < 4.78 is 11.3. The van der Waals surface area contributed by atoms with Gasteiger partial charge in [-0.2, -0.15) is 0 Å². The first-order valence-corrected chi connectivity index (χ1v) is 15.7. The van der Waals surface area contributed by atoms with Gasteiger partial charge in [0.15, 0.2) is 0 Å². The molecule has 0 radical (unpaired) electrons. The summed E-state index contributed by atoms with van der Waals surface area (Å²) in [6.45, 7) is 2.53. The minimum atomic E-state index is -0.124. The fourth-order valence-corrected chi connectivity index (χ4v) is 7.41. The van der Waals surface area contributed by atoms with Crippen LogP contribution >= 0.6 is 21.6 Å². The van der Waals surface area contributed by atoms with Crippen molar-refractivity contribution in [2.24, 2.45) is 0 Å². The van der Waals surface area contributed by atoms with Crippen LogP contribution < -0.4 is 10.6 Å². The molecule has 4 heterocycles. The Balaban J connectivity index is 1.19. The van der Waals surface area contributed by atoms with Gasteiger partial charge in [-0.25, -0.2) is 0 Å². The Bertz CT molecular complexity index is 1420. The van der Waals surface area contributed by atoms with E-state index in [1.165, 1.54) is 0 Å². The molecule has 2 atom stereocenters. The number of fused-ring (bicyclic) bond motifs is 2. The molecule has 4 aromatic rings. The Morgan fingerprint density at radius 3 is 1.62 bits per heavy atom. The first kappa shape index (κ1) is 27.0. The molecule has 2 fully saturated rings. The Kier molecular flexibility index (Phi) is 8.48. The number of benzene rings is 2. The number of hydrogen-bond donors (Lipinski definition) is 2. The molecule has 6 rings (SSSR count). The average molecular weight is 575 g/mol. The van der Waals surface area contributed by atoms with Crippen LogP contribution in [0.25, 0.3) is 21.8 Å². The highest BCUT2D eigenvalue weighted by Gasteiger charge is 2.20. The third-order valence-corrected chi connectivity index (χ3v) is 9.64. The van der Waals surface area contributed by atoms with E-state index in [2.05, 4.69) is 20.6 Å². The number of hydrogen-bond acceptors (Lipinski definition) is 8. The maximum Gasteiger partial charge on any atom is 0.252 e. The number of nitrogens with one attached hydrogen (secondary N) is 2. The summed E-state index contributed by atoms with van der Waals surface area (Å²) in [7, 11) is 3.12. The smallest absolute Gasteiger partial charge is 0.252 e. The van der Waals surface area contributed by atoms with Gasteiger partial charge in [-0.15, -0.1) is 0 Å². The quantitative estimate of drug-likeness (QED) is 0.256. The summed E-state index contributed by atoms with van der Waals surface area (Å²) in [5.41, 5.74) is 2.74. The Morgan fingerprint density at radius 1 is 0.725 bits per heavy atom. The van der Waals surface area contributed by atoms with Crippen molar-refractivity contribution in [3.05, 3.63) is 72.1 Å². The molecule has 2 saturated heterocycles. The zero-order chi connectivity index (χ0) is 27.3. The number of nitrogens with zero attached hydrogens (tertiary/aromatic N) is 2. The number of ether oxygens (including phenoxy) is 2. The molecule has 8 nitrogen and oxygen atoms in total. The summed E-state index contributed by atoms with van der Waals surface area (Å²) in [6, 6.07) is 15.3. The predicted octanol–water partition coefficient (Wildman–Crippen LogP) is 5.40. The highest BCUT2D eigenvalue weighted by Crippen LogP contribution is 2.42. The number of amides is 2. The molecule has 10 heteroatoms. The highest BCUT2D eigenvalue weighted by atomic mass is 33.1. The van der Waals surface area contributed by atoms with Crippen molar-refractivity contribution < 1.29 is 19.1 Å². The Labute approximate surface area is 240 Å². The van der Waals surface area contributed by atoms with Crippen molar-refractivity contribution in [3.8, 4) is 0 Å². The third kappa shape index (κ3) is 5.95. The lowest BCUT2D eigenvalue weighted by Gasteiger charge is -2.13. The van der Waals surface area contributed by atoms with Crippen LogP contribution in [0.5, 0.6) is 0 Å². The summed E-state index contributed by atoms with van der Waals surface area (Å²) in [6.07, 6.45) is 7.54. The lowest BCUT2D eigenvalue weighted by atomic mass is 10.1. The van der Waals surface area contributed by atoms with Crippen molar-refractivity contribution >= 4 is 55.2 Å². The van der Waals surface area contributed by atoms with E-state index >= 15 is 0 Å². The number of carbonyl (C=O) groups is 2. The second-order valence-electron chi connectivity index (χ2n) is 9.88. The number of aromatic nitrogens is 2. The van der Waals surface area contributed by atoms with Gasteiger partial charge in [0.05, 0.1) is 34.4 Å². The van der Waals surface area contributed by atoms with Crippen molar-refractivity contribution in [1.29, 1.82) is 0 Å². The molecule has 2 aliphatic rings. The van der Waals surface area contributed by atoms with E-state index in [-0.39, 0.29) is 24.0 Å². The molecule has 0 saturated carbocycles. The van der Waals surface area contributed by atoms with Gasteiger partial charge in [-0.1, -0.05) is 45.9 Å². The molecule has 2 aliphatic heterocycles. The Hall–Kier alpha value is -3.18. The maximum absolute atomic E-state index is 13.0. The number of rotatable bonds is 9. The molecule has 0 unspecified atom stereocenters. The minimum Gasteiger partial charge on any atom is -0.376 e. The molecule has 2 amide bonds. The van der Waals surface area contributed by atoms with Gasteiger partial charge >= 0.3 is 0 Å². The molecule has 40 heavy (non-hydrogen) atoms. The second-order valence-corrected chi connectivity index (χ2v) is 12.1. The minimum absolute atomic E-state index is 0.0850. The summed E-state index contributed by atoms with van der Waals surface area (Å²) >= 11 is 0. The van der Waals surface area contributed by atoms with E-state index in [1.54, 1.807) is 46.1 Å². The summed E-state index contributed by atoms with van der Waals surface area (Å²) in [5, 5.41) is 7.65. The van der Waals surface area contributed by atoms with E-state index in [1.807, 2.05) is 36.4 Å². The van der Waals surface area contributed by atoms with Gasteiger partial charge in [0.1, 0.15) is 0 Å². The first-order chi connectivity index (χ1) is 19.7. The van der Waals surface area contributed by atoms with Gasteiger partial charge in [0.25, 0.3) is 11.8 Å². The van der Waals surface area contributed by atoms with Crippen molar-refractivity contribution in [2.75, 3.05) is 26.3 Å². The number of pyridine rings is 2. The van der Waals surface area contributed by atoms with Crippen LogP contribution in [0.2, 0.25) is 0 Å². The SMILES string of the molecule is O=C(NC[C@H]1CCCO1)c1ccnc2c(SSc3cccc4c(C(=O)NC[C@H]5CCCO5)ccnc34)cccc12. The first-order valence-electron chi connectivity index (χ1n) is 13.6. The van der Waals surface area contributed by atoms with Gasteiger partial charge in [-0.05, 0) is 49.9 Å². The van der Waals surface area contributed by atoms with E-state index in [0.29, 0.717) is 24.2 Å². The molecule has 2 aromatic heterocycles. The monoisotopic (exact) mass is 574 g/mol. The fraction of sp³-hybridized carbons (Fsp3) is 0.333. The molecular weight excluding hydrogens is 544 g/mol. The molecule has 0 aliphatic carbocycles. The van der Waals surface area contributed by atoms with Gasteiger partial charge in [0.2, 0.25) is 0 Å². The average Bonchev–Trinajstić information content (AvgIpc) is 3.72. The normalized spacial score (nSPS) is 18.8. The van der Waals surface area contributed by atoms with Crippen LogP contribution in [0.4, 0.5) is 0 Å². The van der Waals surface area contributed by atoms with Crippen LogP contribution in [0, 0.1) is 0 Å². The van der Waals surface area contributed by atoms with Crippen molar-refractivity contribution in [1.82, 2.24) is 20.6 Å². The van der Waals surface area contributed by atoms with Gasteiger partial charge < -0.3 is 20.1 Å². The number of carbonyl (C=O) groups excluding carboxylic acids is 2. The van der Waals surface area contributed by atoms with Gasteiger partial charge in [-0.3, -0.25) is 19.6 Å². The number of para-hydroxylation sites is 2. The van der Waals surface area contributed by atoms with Crippen LogP contribution in [0.15, 0.2) is 70.7 Å².